The first kappa shape index (κ1) is 11.9. The van der Waals surface area contributed by atoms with Crippen molar-refractivity contribution < 1.29 is 9.90 Å². The van der Waals surface area contributed by atoms with Gasteiger partial charge in [0.2, 0.25) is 0 Å². The van der Waals surface area contributed by atoms with Crippen molar-refractivity contribution in [3.05, 3.63) is 0 Å². The van der Waals surface area contributed by atoms with E-state index in [1.165, 1.54) is 0 Å². The summed E-state index contributed by atoms with van der Waals surface area (Å²) in [6.07, 6.45) is 3.35. The van der Waals surface area contributed by atoms with E-state index >= 15 is 0 Å². The van der Waals surface area contributed by atoms with Crippen LogP contribution in [0.2, 0.25) is 0 Å². The number of nitrogens with zero attached hydrogens (tertiary/aromatic N) is 1. The van der Waals surface area contributed by atoms with Crippen molar-refractivity contribution in [1.29, 1.82) is 0 Å². The van der Waals surface area contributed by atoms with E-state index < -0.39 is 5.60 Å². The number of aliphatic hydroxyl groups is 1. The summed E-state index contributed by atoms with van der Waals surface area (Å²) >= 11 is 0. The molecule has 0 unspecified atom stereocenters. The zero-order chi connectivity index (χ0) is 12.0. The molecule has 1 saturated heterocycles. The van der Waals surface area contributed by atoms with E-state index in [9.17, 15) is 9.90 Å². The first-order chi connectivity index (χ1) is 7.37. The summed E-state index contributed by atoms with van der Waals surface area (Å²) in [4.78, 5) is 14.0. The summed E-state index contributed by atoms with van der Waals surface area (Å²) in [6.45, 7) is 8.30. The van der Waals surface area contributed by atoms with Gasteiger partial charge >= 0.3 is 0 Å². The van der Waals surface area contributed by atoms with E-state index in [2.05, 4.69) is 20.8 Å². The second-order valence-corrected chi connectivity index (χ2v) is 6.17. The molecule has 0 aromatic heterocycles. The molecule has 1 aliphatic carbocycles. The van der Waals surface area contributed by atoms with Crippen LogP contribution in [-0.2, 0) is 4.79 Å². The van der Waals surface area contributed by atoms with Crippen LogP contribution in [0.25, 0.3) is 0 Å². The van der Waals surface area contributed by atoms with Gasteiger partial charge in [-0.15, -0.1) is 0 Å². The van der Waals surface area contributed by atoms with Gasteiger partial charge in [-0.1, -0.05) is 20.8 Å². The summed E-state index contributed by atoms with van der Waals surface area (Å²) in [5, 5.41) is 10.1. The number of carbonyl (C=O) groups is 1. The Morgan fingerprint density at radius 1 is 1.31 bits per heavy atom. The topological polar surface area (TPSA) is 40.5 Å². The Balaban J connectivity index is 2.01. The first-order valence-corrected chi connectivity index (χ1v) is 6.39. The van der Waals surface area contributed by atoms with Crippen LogP contribution >= 0.6 is 0 Å². The predicted octanol–water partition coefficient (Wildman–Crippen LogP) is 1.80. The third-order valence-electron chi connectivity index (χ3n) is 4.76. The molecule has 1 atom stereocenters. The molecular weight excluding hydrogens is 202 g/mol. The maximum absolute atomic E-state index is 12.1. The Bertz CT molecular complexity index is 296. The van der Waals surface area contributed by atoms with Gasteiger partial charge in [0.25, 0.3) is 5.91 Å². The molecule has 1 N–H and O–H groups in total. The van der Waals surface area contributed by atoms with Crippen LogP contribution in [0.3, 0.4) is 0 Å². The number of amides is 1. The maximum atomic E-state index is 12.1. The minimum absolute atomic E-state index is 0.0249. The predicted molar refractivity (Wildman–Crippen MR) is 62.9 cm³/mol. The van der Waals surface area contributed by atoms with Crippen molar-refractivity contribution in [2.24, 2.45) is 11.3 Å². The van der Waals surface area contributed by atoms with Crippen molar-refractivity contribution in [3.63, 3.8) is 0 Å². The lowest BCUT2D eigenvalue weighted by Gasteiger charge is -2.38. The summed E-state index contributed by atoms with van der Waals surface area (Å²) in [5.74, 6) is 0.560. The molecular formula is C13H23NO2. The first-order valence-electron chi connectivity index (χ1n) is 6.39. The third-order valence-corrected chi connectivity index (χ3v) is 4.76. The second-order valence-electron chi connectivity index (χ2n) is 6.17. The highest BCUT2D eigenvalue weighted by Crippen LogP contribution is 2.40. The van der Waals surface area contributed by atoms with Crippen LogP contribution in [0, 0.1) is 11.3 Å². The van der Waals surface area contributed by atoms with Crippen molar-refractivity contribution in [2.45, 2.75) is 52.1 Å². The van der Waals surface area contributed by atoms with Crippen molar-refractivity contribution in [2.75, 3.05) is 13.1 Å². The highest BCUT2D eigenvalue weighted by Gasteiger charge is 2.48. The minimum atomic E-state index is -1.01. The van der Waals surface area contributed by atoms with E-state index in [1.54, 1.807) is 0 Å². The molecule has 16 heavy (non-hydrogen) atoms. The van der Waals surface area contributed by atoms with Crippen LogP contribution in [-0.4, -0.2) is 34.6 Å². The zero-order valence-electron chi connectivity index (χ0n) is 10.6. The molecule has 2 aliphatic rings. The molecule has 1 aliphatic heterocycles. The number of carbonyl (C=O) groups excluding carboxylic acids is 1. The van der Waals surface area contributed by atoms with E-state index in [-0.39, 0.29) is 11.3 Å². The number of hydrogen-bond donors (Lipinski definition) is 1. The fourth-order valence-corrected chi connectivity index (χ4v) is 2.65. The molecule has 2 rings (SSSR count). The van der Waals surface area contributed by atoms with Gasteiger partial charge in [-0.3, -0.25) is 4.79 Å². The van der Waals surface area contributed by atoms with Crippen molar-refractivity contribution >= 4 is 5.91 Å². The Morgan fingerprint density at radius 3 is 2.31 bits per heavy atom. The van der Waals surface area contributed by atoms with Gasteiger partial charge in [-0.2, -0.15) is 0 Å². The van der Waals surface area contributed by atoms with Gasteiger partial charge in [-0.25, -0.2) is 0 Å². The van der Waals surface area contributed by atoms with Crippen molar-refractivity contribution in [1.82, 2.24) is 4.90 Å². The quantitative estimate of drug-likeness (QED) is 0.778. The average molecular weight is 225 g/mol. The van der Waals surface area contributed by atoms with Crippen molar-refractivity contribution in [3.8, 4) is 0 Å². The molecule has 0 aromatic rings. The Hall–Kier alpha value is -0.570. The summed E-state index contributed by atoms with van der Waals surface area (Å²) < 4.78 is 0. The minimum Gasteiger partial charge on any atom is -0.380 e. The average Bonchev–Trinajstić information content (AvgIpc) is 2.57. The van der Waals surface area contributed by atoms with E-state index in [0.717, 1.165) is 25.9 Å². The lowest BCUT2D eigenvalue weighted by Crippen LogP contribution is -2.53. The van der Waals surface area contributed by atoms with Crippen LogP contribution < -0.4 is 0 Å². The highest BCUT2D eigenvalue weighted by atomic mass is 16.3. The fourth-order valence-electron chi connectivity index (χ4n) is 2.65. The van der Waals surface area contributed by atoms with E-state index in [4.69, 9.17) is 0 Å². The Morgan fingerprint density at radius 2 is 1.94 bits per heavy atom. The third kappa shape index (κ3) is 1.75. The Labute approximate surface area is 97.8 Å². The highest BCUT2D eigenvalue weighted by molar-refractivity contribution is 5.86. The monoisotopic (exact) mass is 225 g/mol. The Kier molecular flexibility index (Phi) is 2.77. The van der Waals surface area contributed by atoms with Crippen LogP contribution in [0.5, 0.6) is 0 Å². The molecule has 0 spiro atoms. The summed E-state index contributed by atoms with van der Waals surface area (Å²) in [6, 6.07) is 0. The molecule has 1 amide bonds. The molecule has 1 heterocycles. The van der Waals surface area contributed by atoms with Crippen LogP contribution in [0.1, 0.15) is 46.5 Å². The smallest absolute Gasteiger partial charge is 0.254 e. The number of hydrogen-bond acceptors (Lipinski definition) is 2. The lowest BCUT2D eigenvalue weighted by molar-refractivity contribution is -0.159. The standard InChI is InChI=1S/C13H23NO2/c1-10(2)12(3)7-8-14(9-12)11(15)13(16)5-4-6-13/h10,16H,4-9H2,1-3H3/t12-/m0/s1. The fraction of sp³-hybridized carbons (Fsp3) is 0.923. The van der Waals surface area contributed by atoms with Gasteiger partial charge < -0.3 is 10.0 Å². The largest absolute Gasteiger partial charge is 0.380 e. The van der Waals surface area contributed by atoms with Gasteiger partial charge in [0.1, 0.15) is 5.60 Å². The van der Waals surface area contributed by atoms with Gasteiger partial charge in [0, 0.05) is 13.1 Å². The molecule has 3 nitrogen and oxygen atoms in total. The molecule has 2 fully saturated rings. The molecule has 3 heteroatoms. The number of rotatable bonds is 2. The maximum Gasteiger partial charge on any atom is 0.254 e. The van der Waals surface area contributed by atoms with Gasteiger partial charge in [0.05, 0.1) is 0 Å². The summed E-state index contributed by atoms with van der Waals surface area (Å²) in [5.41, 5.74) is -0.780. The molecule has 1 saturated carbocycles. The van der Waals surface area contributed by atoms with Gasteiger partial charge in [-0.05, 0) is 37.0 Å². The van der Waals surface area contributed by atoms with E-state index in [1.807, 2.05) is 4.90 Å². The molecule has 0 bridgehead atoms. The zero-order valence-corrected chi connectivity index (χ0v) is 10.6. The normalized spacial score (nSPS) is 32.9. The van der Waals surface area contributed by atoms with Gasteiger partial charge in [0.15, 0.2) is 0 Å². The summed E-state index contributed by atoms with van der Waals surface area (Å²) in [7, 11) is 0. The molecule has 0 aromatic carbocycles. The SMILES string of the molecule is CC(C)[C@@]1(C)CCN(C(=O)C2(O)CCC2)C1. The molecule has 92 valence electrons. The van der Waals surface area contributed by atoms with E-state index in [0.29, 0.717) is 18.8 Å². The lowest BCUT2D eigenvalue weighted by atomic mass is 9.78. The van der Waals surface area contributed by atoms with Crippen LogP contribution in [0.4, 0.5) is 0 Å². The van der Waals surface area contributed by atoms with Crippen LogP contribution in [0.15, 0.2) is 0 Å². The number of likely N-dealkylation sites (tertiary alicyclic amines) is 1. The molecule has 0 radical (unpaired) electrons. The second kappa shape index (κ2) is 3.73.